The van der Waals surface area contributed by atoms with Gasteiger partial charge < -0.3 is 33.7 Å². The predicted octanol–water partition coefficient (Wildman–Crippen LogP) is 7.19. The Kier molecular flexibility index (Phi) is 13.2. The Balaban J connectivity index is 2.98. The molecule has 0 aromatic heterocycles. The van der Waals surface area contributed by atoms with Crippen LogP contribution in [0.2, 0.25) is 0 Å². The summed E-state index contributed by atoms with van der Waals surface area (Å²) in [6.45, 7) is 23.9. The summed E-state index contributed by atoms with van der Waals surface area (Å²) < 4.78 is 28.9. The van der Waals surface area contributed by atoms with Crippen LogP contribution in [0.3, 0.4) is 0 Å². The topological polar surface area (TPSA) is 104 Å². The Morgan fingerprint density at radius 2 is 0.974 bits per heavy atom. The molecule has 0 spiro atoms. The van der Waals surface area contributed by atoms with Crippen molar-refractivity contribution in [1.29, 1.82) is 0 Å². The molecule has 0 aliphatic heterocycles. The van der Waals surface area contributed by atoms with Gasteiger partial charge in [0.15, 0.2) is 0 Å². The van der Waals surface area contributed by atoms with Gasteiger partial charge in [-0.1, -0.05) is 18.2 Å². The zero-order valence-corrected chi connectivity index (χ0v) is 27.0. The van der Waals surface area contributed by atoms with E-state index in [2.05, 4.69) is 16.7 Å². The van der Waals surface area contributed by atoms with Gasteiger partial charge in [-0.25, -0.2) is 9.59 Å². The number of carbonyl (C=O) groups excluding carboxylic acids is 2. The molecule has 0 heterocycles. The minimum absolute atomic E-state index is 0.289. The molecule has 1 aromatic rings. The summed E-state index contributed by atoms with van der Waals surface area (Å²) in [6.07, 6.45) is 0.303. The Hall–Kier alpha value is -1.93. The average Bonchev–Trinajstić information content (AvgIpc) is 2.67. The fourth-order valence-electron chi connectivity index (χ4n) is 3.10. The van der Waals surface area contributed by atoms with Crippen LogP contribution in [0.5, 0.6) is 0 Å². The smallest absolute Gasteiger partial charge is 0.407 e. The molecule has 0 unspecified atom stereocenters. The second kappa shape index (κ2) is 14.6. The molecule has 224 valence electrons. The van der Waals surface area contributed by atoms with E-state index in [9.17, 15) is 9.59 Å². The fraction of sp³-hybridized carbons (Fsp3) is 0.724. The highest BCUT2D eigenvalue weighted by atomic mass is 31.2. The summed E-state index contributed by atoms with van der Waals surface area (Å²) in [5, 5.41) is 5.61. The average molecular weight is 571 g/mol. The van der Waals surface area contributed by atoms with Crippen LogP contribution in [-0.4, -0.2) is 47.7 Å². The molecule has 0 saturated carbocycles. The molecule has 9 nitrogen and oxygen atoms in total. The molecule has 0 fully saturated rings. The summed E-state index contributed by atoms with van der Waals surface area (Å²) in [6, 6.07) is 6.16. The van der Waals surface area contributed by atoms with Crippen molar-refractivity contribution in [1.82, 2.24) is 10.6 Å². The van der Waals surface area contributed by atoms with Crippen molar-refractivity contribution in [2.45, 2.75) is 125 Å². The lowest BCUT2D eigenvalue weighted by Crippen LogP contribution is -2.33. The zero-order valence-electron chi connectivity index (χ0n) is 26.1. The van der Waals surface area contributed by atoms with Crippen molar-refractivity contribution in [2.75, 3.05) is 13.1 Å². The van der Waals surface area contributed by atoms with Crippen LogP contribution in [0, 0.1) is 0 Å². The largest absolute Gasteiger partial charge is 0.444 e. The van der Waals surface area contributed by atoms with Crippen LogP contribution in [0.1, 0.15) is 99.8 Å². The molecule has 39 heavy (non-hydrogen) atoms. The number of amides is 2. The molecule has 10 heteroatoms. The van der Waals surface area contributed by atoms with Gasteiger partial charge in [-0.2, -0.15) is 0 Å². The number of hydrogen-bond acceptors (Lipinski definition) is 7. The van der Waals surface area contributed by atoms with Gasteiger partial charge in [-0.05, 0) is 113 Å². The number of rotatable bonds is 11. The van der Waals surface area contributed by atoms with Crippen LogP contribution in [-0.2, 0) is 42.5 Å². The van der Waals surface area contributed by atoms with Gasteiger partial charge in [0.2, 0.25) is 0 Å². The molecular weight excluding hydrogens is 519 g/mol. The lowest BCUT2D eigenvalue weighted by molar-refractivity contribution is 0.0305. The van der Waals surface area contributed by atoms with E-state index in [-0.39, 0.29) is 6.61 Å². The van der Waals surface area contributed by atoms with Gasteiger partial charge in [0.05, 0.1) is 17.8 Å². The Bertz CT molecular complexity index is 857. The van der Waals surface area contributed by atoms with Crippen molar-refractivity contribution in [2.24, 2.45) is 0 Å². The van der Waals surface area contributed by atoms with Crippen molar-refractivity contribution in [3.63, 3.8) is 0 Å². The normalized spacial score (nSPS) is 12.8. The van der Waals surface area contributed by atoms with Gasteiger partial charge in [0.1, 0.15) is 11.2 Å². The number of benzene rings is 1. The molecule has 0 aliphatic carbocycles. The maximum absolute atomic E-state index is 12.1. The van der Waals surface area contributed by atoms with Crippen molar-refractivity contribution >= 4 is 20.8 Å². The molecule has 2 amide bonds. The number of nitrogens with one attached hydrogen (secondary N) is 2. The van der Waals surface area contributed by atoms with Gasteiger partial charge in [-0.15, -0.1) is 0 Å². The maximum atomic E-state index is 12.1. The van der Waals surface area contributed by atoms with Gasteiger partial charge >= 0.3 is 20.8 Å². The fourth-order valence-corrected chi connectivity index (χ4v) is 4.39. The van der Waals surface area contributed by atoms with E-state index >= 15 is 0 Å². The first kappa shape index (κ1) is 35.1. The molecule has 0 aliphatic rings. The minimum atomic E-state index is -1.59. The van der Waals surface area contributed by atoms with E-state index in [1.54, 1.807) is 0 Å². The van der Waals surface area contributed by atoms with Gasteiger partial charge in [-0.3, -0.25) is 0 Å². The van der Waals surface area contributed by atoms with Crippen molar-refractivity contribution in [3.8, 4) is 0 Å². The molecule has 0 radical (unpaired) electrons. The number of hydrogen-bond donors (Lipinski definition) is 2. The standard InChI is InChI=1S/C29H51N2O7P/c1-26(2,3)35-24(32)30-15-13-21-17-22(14-16-31-25(33)36-27(4,5)6)19-23(18-21)20-34-39(37-28(7,8)9)38-29(10,11)12/h17-19H,13-16,20H2,1-12H3,(H,30,32)(H,31,33). The summed E-state index contributed by atoms with van der Waals surface area (Å²) in [7, 11) is -1.59. The predicted molar refractivity (Wildman–Crippen MR) is 156 cm³/mol. The third-order valence-electron chi connectivity index (χ3n) is 4.31. The maximum Gasteiger partial charge on any atom is 0.407 e. The molecule has 0 bridgehead atoms. The molecule has 0 saturated heterocycles. The lowest BCUT2D eigenvalue weighted by atomic mass is 10.0. The highest BCUT2D eigenvalue weighted by molar-refractivity contribution is 7.41. The van der Waals surface area contributed by atoms with Crippen LogP contribution < -0.4 is 10.6 Å². The minimum Gasteiger partial charge on any atom is -0.444 e. The van der Waals surface area contributed by atoms with E-state index < -0.39 is 43.2 Å². The first-order valence-corrected chi connectivity index (χ1v) is 14.6. The monoisotopic (exact) mass is 570 g/mol. The highest BCUT2D eigenvalue weighted by Gasteiger charge is 2.27. The zero-order chi connectivity index (χ0) is 30.1. The van der Waals surface area contributed by atoms with E-state index in [4.69, 9.17) is 23.0 Å². The van der Waals surface area contributed by atoms with Crippen LogP contribution in [0.15, 0.2) is 18.2 Å². The molecule has 1 aromatic carbocycles. The first-order chi connectivity index (χ1) is 17.6. The molecule has 1 rings (SSSR count). The molecule has 0 atom stereocenters. The van der Waals surface area contributed by atoms with Crippen molar-refractivity contribution in [3.05, 3.63) is 34.9 Å². The summed E-state index contributed by atoms with van der Waals surface area (Å²) in [5.74, 6) is 0. The number of alkyl carbamates (subject to hydrolysis) is 2. The SMILES string of the molecule is CC(C)(C)OC(=O)NCCc1cc(CCNC(=O)OC(C)(C)C)cc(COP(OC(C)(C)C)OC(C)(C)C)c1. The molecular formula is C29H51N2O7P. The van der Waals surface area contributed by atoms with Crippen LogP contribution >= 0.6 is 8.60 Å². The van der Waals surface area contributed by atoms with E-state index in [1.807, 2.05) is 95.2 Å². The second-order valence-electron chi connectivity index (χ2n) is 13.4. The van der Waals surface area contributed by atoms with Gasteiger partial charge in [0.25, 0.3) is 0 Å². The number of ether oxygens (including phenoxy) is 2. The van der Waals surface area contributed by atoms with E-state index in [0.29, 0.717) is 25.9 Å². The Morgan fingerprint density at radius 3 is 1.31 bits per heavy atom. The summed E-state index contributed by atoms with van der Waals surface area (Å²) in [4.78, 5) is 24.1. The third kappa shape index (κ3) is 18.9. The molecule has 2 N–H and O–H groups in total. The quantitative estimate of drug-likeness (QED) is 0.271. The van der Waals surface area contributed by atoms with E-state index in [1.165, 1.54) is 0 Å². The van der Waals surface area contributed by atoms with Gasteiger partial charge in [0, 0.05) is 13.1 Å². The Labute approximate surface area is 237 Å². The second-order valence-corrected chi connectivity index (χ2v) is 14.5. The third-order valence-corrected chi connectivity index (χ3v) is 6.04. The lowest BCUT2D eigenvalue weighted by Gasteiger charge is -2.30. The number of carbonyl (C=O) groups is 2. The summed E-state index contributed by atoms with van der Waals surface area (Å²) in [5.41, 5.74) is 1.03. The van der Waals surface area contributed by atoms with Crippen LogP contribution in [0.4, 0.5) is 9.59 Å². The first-order valence-electron chi connectivity index (χ1n) is 13.5. The van der Waals surface area contributed by atoms with E-state index in [0.717, 1.165) is 16.7 Å². The van der Waals surface area contributed by atoms with Crippen LogP contribution in [0.25, 0.3) is 0 Å². The summed E-state index contributed by atoms with van der Waals surface area (Å²) >= 11 is 0. The Morgan fingerprint density at radius 1 is 0.615 bits per heavy atom. The highest BCUT2D eigenvalue weighted by Crippen LogP contribution is 2.47. The van der Waals surface area contributed by atoms with Crippen molar-refractivity contribution < 1.29 is 32.6 Å².